The maximum absolute atomic E-state index is 12.9. The highest BCUT2D eigenvalue weighted by molar-refractivity contribution is 7.99. The fraction of sp³-hybridized carbons (Fsp3) is 0.136. The van der Waals surface area contributed by atoms with E-state index in [1.807, 2.05) is 42.5 Å². The highest BCUT2D eigenvalue weighted by atomic mass is 32.2. The zero-order valence-corrected chi connectivity index (χ0v) is 16.4. The zero-order valence-electron chi connectivity index (χ0n) is 14.7. The average molecular weight is 398 g/mol. The van der Waals surface area contributed by atoms with Crippen LogP contribution in [0.25, 0.3) is 0 Å². The van der Waals surface area contributed by atoms with Crippen molar-refractivity contribution in [1.29, 1.82) is 0 Å². The summed E-state index contributed by atoms with van der Waals surface area (Å²) in [6, 6.07) is 24.6. The van der Waals surface area contributed by atoms with Crippen molar-refractivity contribution in [1.82, 2.24) is 0 Å². The molecule has 0 unspecified atom stereocenters. The van der Waals surface area contributed by atoms with Crippen molar-refractivity contribution >= 4 is 35.1 Å². The van der Waals surface area contributed by atoms with Gasteiger partial charge in [0.2, 0.25) is 5.91 Å². The van der Waals surface area contributed by atoms with Gasteiger partial charge in [-0.1, -0.05) is 42.5 Å². The fourth-order valence-corrected chi connectivity index (χ4v) is 4.07. The number of thioether (sulfide) groups is 2. The van der Waals surface area contributed by atoms with Gasteiger partial charge in [-0.15, -0.1) is 23.5 Å². The van der Waals surface area contributed by atoms with Gasteiger partial charge in [0.1, 0.15) is 5.82 Å². The lowest BCUT2D eigenvalue weighted by Crippen LogP contribution is -2.14. The van der Waals surface area contributed by atoms with Crippen LogP contribution in [0.4, 0.5) is 10.1 Å². The third-order valence-corrected chi connectivity index (χ3v) is 5.89. The number of halogens is 1. The van der Waals surface area contributed by atoms with E-state index in [0.29, 0.717) is 11.5 Å². The quantitative estimate of drug-likeness (QED) is 0.473. The number of benzene rings is 3. The molecule has 3 rings (SSSR count). The molecule has 0 aliphatic carbocycles. The van der Waals surface area contributed by atoms with Crippen molar-refractivity contribution < 1.29 is 9.18 Å². The predicted octanol–water partition coefficient (Wildman–Crippen LogP) is 5.99. The van der Waals surface area contributed by atoms with Crippen LogP contribution in [0, 0.1) is 5.82 Å². The van der Waals surface area contributed by atoms with Gasteiger partial charge in [0.15, 0.2) is 0 Å². The van der Waals surface area contributed by atoms with Crippen molar-refractivity contribution in [2.45, 2.75) is 16.4 Å². The SMILES string of the molecule is O=C(CSCc1ccc(F)cc1)Nc1ccc(CSc2ccccc2)cc1. The molecule has 1 amide bonds. The van der Waals surface area contributed by atoms with Crippen LogP contribution in [0.2, 0.25) is 0 Å². The van der Waals surface area contributed by atoms with Gasteiger partial charge in [-0.3, -0.25) is 4.79 Å². The molecule has 0 aliphatic heterocycles. The Labute approximate surface area is 167 Å². The summed E-state index contributed by atoms with van der Waals surface area (Å²) in [4.78, 5) is 13.3. The van der Waals surface area contributed by atoms with Crippen molar-refractivity contribution in [2.24, 2.45) is 0 Å². The normalized spacial score (nSPS) is 10.6. The summed E-state index contributed by atoms with van der Waals surface area (Å²) in [5.74, 6) is 1.67. The number of nitrogens with one attached hydrogen (secondary N) is 1. The van der Waals surface area contributed by atoms with Gasteiger partial charge in [0.05, 0.1) is 5.75 Å². The molecule has 0 aliphatic rings. The Bertz CT molecular complexity index is 852. The third kappa shape index (κ3) is 6.77. The van der Waals surface area contributed by atoms with Crippen LogP contribution in [0.15, 0.2) is 83.8 Å². The molecule has 2 nitrogen and oxygen atoms in total. The minimum absolute atomic E-state index is 0.0338. The van der Waals surface area contributed by atoms with Crippen LogP contribution in [-0.2, 0) is 16.3 Å². The second kappa shape index (κ2) is 10.2. The highest BCUT2D eigenvalue weighted by Crippen LogP contribution is 2.23. The number of hydrogen-bond acceptors (Lipinski definition) is 3. The molecular weight excluding hydrogens is 377 g/mol. The predicted molar refractivity (Wildman–Crippen MR) is 114 cm³/mol. The molecular formula is C22H20FNOS2. The van der Waals surface area contributed by atoms with Gasteiger partial charge >= 0.3 is 0 Å². The van der Waals surface area contributed by atoms with Crippen LogP contribution < -0.4 is 5.32 Å². The summed E-state index contributed by atoms with van der Waals surface area (Å²) in [7, 11) is 0. The fourth-order valence-electron chi connectivity index (χ4n) is 2.41. The van der Waals surface area contributed by atoms with E-state index in [0.717, 1.165) is 17.0 Å². The molecule has 0 heterocycles. The van der Waals surface area contributed by atoms with Crippen molar-refractivity contribution in [3.8, 4) is 0 Å². The summed E-state index contributed by atoms with van der Waals surface area (Å²) in [6.45, 7) is 0. The Morgan fingerprint density at radius 1 is 0.815 bits per heavy atom. The molecule has 27 heavy (non-hydrogen) atoms. The van der Waals surface area contributed by atoms with Gasteiger partial charge in [-0.25, -0.2) is 4.39 Å². The summed E-state index contributed by atoms with van der Waals surface area (Å²) in [6.07, 6.45) is 0. The Kier molecular flexibility index (Phi) is 7.36. The largest absolute Gasteiger partial charge is 0.325 e. The van der Waals surface area contributed by atoms with Crippen LogP contribution in [-0.4, -0.2) is 11.7 Å². The standard InChI is InChI=1S/C22H20FNOS2/c23-19-10-6-17(7-11-19)14-26-16-22(25)24-20-12-8-18(9-13-20)15-27-21-4-2-1-3-5-21/h1-13H,14-16H2,(H,24,25). The van der Waals surface area contributed by atoms with Crippen molar-refractivity contribution in [2.75, 3.05) is 11.1 Å². The van der Waals surface area contributed by atoms with E-state index in [-0.39, 0.29) is 11.7 Å². The third-order valence-electron chi connectivity index (χ3n) is 3.80. The average Bonchev–Trinajstić information content (AvgIpc) is 2.70. The maximum atomic E-state index is 12.9. The van der Waals surface area contributed by atoms with E-state index >= 15 is 0 Å². The smallest absolute Gasteiger partial charge is 0.234 e. The Morgan fingerprint density at radius 3 is 2.15 bits per heavy atom. The van der Waals surface area contributed by atoms with Gasteiger partial charge < -0.3 is 5.32 Å². The molecule has 3 aromatic carbocycles. The van der Waals surface area contributed by atoms with Crippen molar-refractivity contribution in [3.05, 3.63) is 95.8 Å². The first-order valence-electron chi connectivity index (χ1n) is 8.58. The highest BCUT2D eigenvalue weighted by Gasteiger charge is 2.04. The van der Waals surface area contributed by atoms with E-state index in [1.54, 1.807) is 23.9 Å². The van der Waals surface area contributed by atoms with Gasteiger partial charge in [-0.2, -0.15) is 0 Å². The van der Waals surface area contributed by atoms with Crippen molar-refractivity contribution in [3.63, 3.8) is 0 Å². The number of carbonyl (C=O) groups excluding carboxylic acids is 1. The number of carbonyl (C=O) groups is 1. The Morgan fingerprint density at radius 2 is 1.44 bits per heavy atom. The molecule has 0 atom stereocenters. The first-order valence-corrected chi connectivity index (χ1v) is 10.7. The lowest BCUT2D eigenvalue weighted by atomic mass is 10.2. The summed E-state index contributed by atoms with van der Waals surface area (Å²) >= 11 is 3.30. The molecule has 0 saturated carbocycles. The molecule has 138 valence electrons. The van der Waals surface area contributed by atoms with Crippen LogP contribution in [0.1, 0.15) is 11.1 Å². The molecule has 0 saturated heterocycles. The monoisotopic (exact) mass is 397 g/mol. The first kappa shape index (κ1) is 19.5. The number of rotatable bonds is 8. The minimum atomic E-state index is -0.243. The number of amides is 1. The van der Waals surface area contributed by atoms with Crippen LogP contribution in [0.5, 0.6) is 0 Å². The summed E-state index contributed by atoms with van der Waals surface area (Å²) in [5.41, 5.74) is 3.03. The molecule has 3 aromatic rings. The summed E-state index contributed by atoms with van der Waals surface area (Å²) < 4.78 is 12.9. The number of hydrogen-bond donors (Lipinski definition) is 1. The number of anilines is 1. The van der Waals surface area contributed by atoms with Gasteiger partial charge in [0, 0.05) is 22.1 Å². The molecule has 0 radical (unpaired) electrons. The van der Waals surface area contributed by atoms with E-state index in [4.69, 9.17) is 0 Å². The topological polar surface area (TPSA) is 29.1 Å². The molecule has 0 fully saturated rings. The summed E-state index contributed by atoms with van der Waals surface area (Å²) in [5, 5.41) is 2.91. The van der Waals surface area contributed by atoms with Crippen LogP contribution in [0.3, 0.4) is 0 Å². The van der Waals surface area contributed by atoms with E-state index in [1.165, 1.54) is 34.4 Å². The molecule has 0 aromatic heterocycles. The lowest BCUT2D eigenvalue weighted by Gasteiger charge is -2.07. The molecule has 0 bridgehead atoms. The van der Waals surface area contributed by atoms with Gasteiger partial charge in [-0.05, 0) is 47.5 Å². The lowest BCUT2D eigenvalue weighted by molar-refractivity contribution is -0.113. The van der Waals surface area contributed by atoms with E-state index < -0.39 is 0 Å². The maximum Gasteiger partial charge on any atom is 0.234 e. The zero-order chi connectivity index (χ0) is 18.9. The van der Waals surface area contributed by atoms with E-state index in [9.17, 15) is 9.18 Å². The Hall–Kier alpha value is -2.24. The molecule has 0 spiro atoms. The van der Waals surface area contributed by atoms with Crippen LogP contribution >= 0.6 is 23.5 Å². The first-order chi connectivity index (χ1) is 13.2. The second-order valence-corrected chi connectivity index (χ2v) is 8.00. The van der Waals surface area contributed by atoms with E-state index in [2.05, 4.69) is 17.4 Å². The minimum Gasteiger partial charge on any atom is -0.325 e. The second-order valence-electron chi connectivity index (χ2n) is 5.97. The Balaban J connectivity index is 1.40. The van der Waals surface area contributed by atoms with Gasteiger partial charge in [0.25, 0.3) is 0 Å². The molecule has 5 heteroatoms. The molecule has 1 N–H and O–H groups in total.